The van der Waals surface area contributed by atoms with Gasteiger partial charge in [-0.05, 0) is 18.2 Å². The largest absolute Gasteiger partial charge is 0.331 e. The van der Waals surface area contributed by atoms with E-state index in [1.165, 1.54) is 0 Å². The first-order chi connectivity index (χ1) is 7.68. The molecule has 0 spiro atoms. The second kappa shape index (κ2) is 3.33. The quantitative estimate of drug-likeness (QED) is 0.473. The predicted octanol–water partition coefficient (Wildman–Crippen LogP) is 3.07. The summed E-state index contributed by atoms with van der Waals surface area (Å²) in [6.07, 6.45) is 1.79. The highest BCUT2D eigenvalue weighted by atomic mass is 32.1. The van der Waals surface area contributed by atoms with Crippen molar-refractivity contribution in [2.24, 2.45) is 7.05 Å². The smallest absolute Gasteiger partial charge is 0.141 e. The molecule has 1 N–H and O–H groups in total. The Morgan fingerprint density at radius 1 is 1.44 bits per heavy atom. The molecule has 3 heterocycles. The summed E-state index contributed by atoms with van der Waals surface area (Å²) in [6.45, 7) is 0. The van der Waals surface area contributed by atoms with Gasteiger partial charge in [-0.3, -0.25) is 0 Å². The van der Waals surface area contributed by atoms with Crippen molar-refractivity contribution in [1.82, 2.24) is 14.5 Å². The average molecular weight is 247 g/mol. The Hall–Kier alpha value is -1.33. The first-order valence-corrected chi connectivity index (χ1v) is 5.69. The lowest BCUT2D eigenvalue weighted by Crippen LogP contribution is -1.91. The summed E-state index contributed by atoms with van der Waals surface area (Å²) in [5.74, 6) is 0. The zero-order valence-electron chi connectivity index (χ0n) is 8.56. The van der Waals surface area contributed by atoms with E-state index in [0.717, 1.165) is 27.0 Å². The first kappa shape index (κ1) is 9.86. The minimum absolute atomic E-state index is 0.654. The molecule has 0 aliphatic carbocycles. The zero-order chi connectivity index (χ0) is 11.3. The summed E-state index contributed by atoms with van der Waals surface area (Å²) in [5, 5.41) is 2.21. The number of aryl methyl sites for hydroxylation is 1. The predicted molar refractivity (Wildman–Crippen MR) is 70.7 cm³/mol. The number of nitrogens with zero attached hydrogens (tertiary/aromatic N) is 2. The van der Waals surface area contributed by atoms with Gasteiger partial charge in [0, 0.05) is 28.9 Å². The lowest BCUT2D eigenvalue weighted by molar-refractivity contribution is 0.963. The molecule has 0 amide bonds. The topological polar surface area (TPSA) is 33.6 Å². The second-order valence-corrected chi connectivity index (χ2v) is 4.57. The van der Waals surface area contributed by atoms with Gasteiger partial charge in [-0.2, -0.15) is 0 Å². The molecule has 0 aliphatic heterocycles. The zero-order valence-corrected chi connectivity index (χ0v) is 10.3. The van der Waals surface area contributed by atoms with E-state index in [9.17, 15) is 0 Å². The summed E-state index contributed by atoms with van der Waals surface area (Å²) in [7, 11) is 1.97. The highest BCUT2D eigenvalue weighted by molar-refractivity contribution is 7.81. The van der Waals surface area contributed by atoms with E-state index in [2.05, 4.69) is 28.7 Å². The van der Waals surface area contributed by atoms with Crippen LogP contribution in [0, 0.1) is 4.64 Å². The minimum atomic E-state index is 0.654. The number of rotatable bonds is 0. The van der Waals surface area contributed by atoms with E-state index in [1.54, 1.807) is 6.20 Å². The van der Waals surface area contributed by atoms with Crippen LogP contribution in [0.1, 0.15) is 0 Å². The number of fused-ring (bicyclic) bond motifs is 3. The van der Waals surface area contributed by atoms with Gasteiger partial charge < -0.3 is 9.55 Å². The van der Waals surface area contributed by atoms with E-state index in [-0.39, 0.29) is 0 Å². The van der Waals surface area contributed by atoms with E-state index in [4.69, 9.17) is 12.2 Å². The second-order valence-electron chi connectivity index (χ2n) is 3.68. The van der Waals surface area contributed by atoms with Crippen molar-refractivity contribution in [2.45, 2.75) is 4.90 Å². The van der Waals surface area contributed by atoms with Gasteiger partial charge in [0.2, 0.25) is 0 Å². The van der Waals surface area contributed by atoms with E-state index in [0.29, 0.717) is 4.64 Å². The van der Waals surface area contributed by atoms with Crippen molar-refractivity contribution < 1.29 is 0 Å². The fraction of sp³-hybridized carbons (Fsp3) is 0.0909. The monoisotopic (exact) mass is 247 g/mol. The molecule has 0 saturated heterocycles. The summed E-state index contributed by atoms with van der Waals surface area (Å²) >= 11 is 9.52. The number of H-pyrrole nitrogens is 1. The van der Waals surface area contributed by atoms with E-state index in [1.807, 2.05) is 23.7 Å². The highest BCUT2D eigenvalue weighted by Crippen LogP contribution is 2.27. The van der Waals surface area contributed by atoms with Gasteiger partial charge in [-0.15, -0.1) is 12.6 Å². The molecule has 3 aromatic heterocycles. The van der Waals surface area contributed by atoms with Gasteiger partial charge in [0.25, 0.3) is 0 Å². The van der Waals surface area contributed by atoms with Crippen molar-refractivity contribution in [3.63, 3.8) is 0 Å². The van der Waals surface area contributed by atoms with Crippen LogP contribution in [0.5, 0.6) is 0 Å². The van der Waals surface area contributed by atoms with Crippen LogP contribution in [0.2, 0.25) is 0 Å². The molecular weight excluding hydrogens is 238 g/mol. The van der Waals surface area contributed by atoms with Crippen LogP contribution in [0.4, 0.5) is 0 Å². The number of aromatic nitrogens is 3. The van der Waals surface area contributed by atoms with Crippen molar-refractivity contribution >= 4 is 46.9 Å². The molecule has 16 heavy (non-hydrogen) atoms. The van der Waals surface area contributed by atoms with Gasteiger partial charge in [-0.25, -0.2) is 4.98 Å². The minimum Gasteiger partial charge on any atom is -0.331 e. The molecule has 0 atom stereocenters. The Bertz CT molecular complexity index is 755. The molecular formula is C11H9N3S2. The van der Waals surface area contributed by atoms with Gasteiger partial charge in [0.15, 0.2) is 0 Å². The van der Waals surface area contributed by atoms with Gasteiger partial charge >= 0.3 is 0 Å². The molecule has 80 valence electrons. The average Bonchev–Trinajstić information content (AvgIpc) is 2.55. The summed E-state index contributed by atoms with van der Waals surface area (Å²) < 4.78 is 2.66. The molecule has 0 unspecified atom stereocenters. The Balaban J connectivity index is 2.67. The maximum Gasteiger partial charge on any atom is 0.141 e. The molecule has 3 aromatic rings. The standard InChI is InChI=1S/C11H9N3S2/c1-14-9-6(3-2-4-12-9)7-5-8(15)11(16)13-10(7)14/h2-5,15H,1H3,(H,13,16). The van der Waals surface area contributed by atoms with Crippen LogP contribution in [-0.2, 0) is 7.05 Å². The van der Waals surface area contributed by atoms with Crippen LogP contribution in [-0.4, -0.2) is 14.5 Å². The van der Waals surface area contributed by atoms with Gasteiger partial charge in [0.05, 0.1) is 0 Å². The molecule has 0 saturated carbocycles. The highest BCUT2D eigenvalue weighted by Gasteiger charge is 2.09. The van der Waals surface area contributed by atoms with E-state index >= 15 is 0 Å². The molecule has 5 heteroatoms. The maximum absolute atomic E-state index is 5.18. The number of hydrogen-bond donors (Lipinski definition) is 2. The number of nitrogens with one attached hydrogen (secondary N) is 1. The van der Waals surface area contributed by atoms with Crippen molar-refractivity contribution in [1.29, 1.82) is 0 Å². The van der Waals surface area contributed by atoms with Crippen molar-refractivity contribution in [2.75, 3.05) is 0 Å². The molecule has 0 fully saturated rings. The van der Waals surface area contributed by atoms with Crippen LogP contribution < -0.4 is 0 Å². The first-order valence-electron chi connectivity index (χ1n) is 4.84. The van der Waals surface area contributed by atoms with Crippen LogP contribution in [0.25, 0.3) is 22.1 Å². The number of thiol groups is 1. The van der Waals surface area contributed by atoms with Crippen molar-refractivity contribution in [3.8, 4) is 0 Å². The molecule has 0 aromatic carbocycles. The van der Waals surface area contributed by atoms with Gasteiger partial charge in [0.1, 0.15) is 15.9 Å². The summed E-state index contributed by atoms with van der Waals surface area (Å²) in [5.41, 5.74) is 1.93. The lowest BCUT2D eigenvalue weighted by atomic mass is 10.2. The molecule has 0 radical (unpaired) electrons. The van der Waals surface area contributed by atoms with Crippen LogP contribution >= 0.6 is 24.8 Å². The maximum atomic E-state index is 5.18. The molecule has 3 nitrogen and oxygen atoms in total. The Morgan fingerprint density at radius 2 is 2.25 bits per heavy atom. The molecule has 0 bridgehead atoms. The molecule has 3 rings (SSSR count). The van der Waals surface area contributed by atoms with Gasteiger partial charge in [-0.1, -0.05) is 12.2 Å². The Labute approximate surface area is 103 Å². The fourth-order valence-electron chi connectivity index (χ4n) is 1.96. The van der Waals surface area contributed by atoms with Crippen molar-refractivity contribution in [3.05, 3.63) is 29.0 Å². The van der Waals surface area contributed by atoms with Crippen LogP contribution in [0.15, 0.2) is 29.3 Å². The number of aromatic amines is 1. The third-order valence-electron chi connectivity index (χ3n) is 2.73. The fourth-order valence-corrected chi connectivity index (χ4v) is 2.30. The number of pyridine rings is 2. The summed E-state index contributed by atoms with van der Waals surface area (Å²) in [6, 6.07) is 5.97. The van der Waals surface area contributed by atoms with E-state index < -0.39 is 0 Å². The molecule has 0 aliphatic rings. The SMILES string of the molecule is Cn1c2ncccc2c2cc(S)c(=S)[nH]c21. The Morgan fingerprint density at radius 3 is 3.06 bits per heavy atom. The van der Waals surface area contributed by atoms with Crippen LogP contribution in [0.3, 0.4) is 0 Å². The normalized spacial score (nSPS) is 11.4. The lowest BCUT2D eigenvalue weighted by Gasteiger charge is -1.97. The number of hydrogen-bond acceptors (Lipinski definition) is 3. The third-order valence-corrected chi connectivity index (χ3v) is 3.56. The third kappa shape index (κ3) is 1.22. The Kier molecular flexibility index (Phi) is 2.05. The summed E-state index contributed by atoms with van der Waals surface area (Å²) in [4.78, 5) is 8.33.